The van der Waals surface area contributed by atoms with E-state index in [1.54, 1.807) is 0 Å². The molecule has 0 unspecified atom stereocenters. The largest absolute Gasteiger partial charge is 0.394 e. The molecule has 120 valence electrons. The van der Waals surface area contributed by atoms with Crippen molar-refractivity contribution in [1.82, 2.24) is 0 Å². The molecule has 9 heteroatoms. The molecule has 0 aliphatic heterocycles. The highest BCUT2D eigenvalue weighted by Gasteiger charge is 2.00. The Hall–Kier alpha value is -1.65. The second kappa shape index (κ2) is 8.71. The second-order valence-electron chi connectivity index (χ2n) is 4.03. The van der Waals surface area contributed by atoms with Crippen LogP contribution in [0.1, 0.15) is 0 Å². The van der Waals surface area contributed by atoms with Crippen LogP contribution in [0.4, 0.5) is 5.69 Å². The Morgan fingerprint density at radius 2 is 1.73 bits per heavy atom. The predicted octanol–water partition coefficient (Wildman–Crippen LogP) is 1.83. The number of thioether (sulfide) groups is 1. The number of nitrogens with zero attached hydrogens (tertiary/aromatic N) is 1. The third kappa shape index (κ3) is 7.38. The van der Waals surface area contributed by atoms with Crippen molar-refractivity contribution in [1.29, 1.82) is 0 Å². The summed E-state index contributed by atoms with van der Waals surface area (Å²) < 4.78 is 31.6. The van der Waals surface area contributed by atoms with Crippen LogP contribution in [0, 0.1) is 0 Å². The van der Waals surface area contributed by atoms with E-state index in [0.717, 1.165) is 16.8 Å². The van der Waals surface area contributed by atoms with Crippen LogP contribution in [0.15, 0.2) is 47.5 Å². The average molecular weight is 343 g/mol. The van der Waals surface area contributed by atoms with Gasteiger partial charge in [-0.25, -0.2) is 4.99 Å². The minimum absolute atomic E-state index is 0.562. The molecule has 7 nitrogen and oxygen atoms in total. The Kier molecular flexibility index (Phi) is 7.28. The van der Waals surface area contributed by atoms with Crippen LogP contribution < -0.4 is 11.5 Å². The van der Waals surface area contributed by atoms with Crippen molar-refractivity contribution in [2.24, 2.45) is 16.5 Å². The maximum atomic E-state index is 8.74. The topological polar surface area (TPSA) is 139 Å². The lowest BCUT2D eigenvalue weighted by Gasteiger charge is -2.03. The molecule has 0 aliphatic rings. The van der Waals surface area contributed by atoms with Gasteiger partial charge in [0, 0.05) is 17.7 Å². The fourth-order valence-electron chi connectivity index (χ4n) is 1.62. The molecule has 0 saturated heterocycles. The van der Waals surface area contributed by atoms with Gasteiger partial charge in [0.15, 0.2) is 5.17 Å². The van der Waals surface area contributed by atoms with Gasteiger partial charge in [-0.05, 0) is 11.5 Å². The third-order valence-corrected chi connectivity index (χ3v) is 3.19. The number of fused-ring (bicyclic) bond motifs is 1. The first kappa shape index (κ1) is 18.4. The van der Waals surface area contributed by atoms with Crippen molar-refractivity contribution in [3.8, 4) is 0 Å². The average Bonchev–Trinajstić information content (AvgIpc) is 2.44. The first-order chi connectivity index (χ1) is 10.3. The van der Waals surface area contributed by atoms with E-state index in [1.165, 1.54) is 17.1 Å². The zero-order valence-electron chi connectivity index (χ0n) is 11.6. The van der Waals surface area contributed by atoms with Gasteiger partial charge in [0.25, 0.3) is 0 Å². The molecule has 0 bridgehead atoms. The molecule has 22 heavy (non-hydrogen) atoms. The molecule has 0 radical (unpaired) electrons. The number of amidine groups is 1. The van der Waals surface area contributed by atoms with Gasteiger partial charge in [0.1, 0.15) is 0 Å². The quantitative estimate of drug-likeness (QED) is 0.379. The molecule has 0 spiro atoms. The number of rotatable bonds is 3. The Morgan fingerprint density at radius 1 is 1.14 bits per heavy atom. The van der Waals surface area contributed by atoms with Crippen molar-refractivity contribution in [2.45, 2.75) is 0 Å². The summed E-state index contributed by atoms with van der Waals surface area (Å²) in [5.41, 5.74) is 12.2. The van der Waals surface area contributed by atoms with Crippen LogP contribution >= 0.6 is 11.8 Å². The molecular weight excluding hydrogens is 326 g/mol. The van der Waals surface area contributed by atoms with Gasteiger partial charge in [-0.15, -0.1) is 0 Å². The normalized spacial score (nSPS) is 11.9. The molecule has 0 saturated carbocycles. The summed E-state index contributed by atoms with van der Waals surface area (Å²) in [4.78, 5) is 4.43. The highest BCUT2D eigenvalue weighted by Crippen LogP contribution is 2.26. The van der Waals surface area contributed by atoms with Gasteiger partial charge < -0.3 is 11.5 Å². The van der Waals surface area contributed by atoms with Gasteiger partial charge >= 0.3 is 10.4 Å². The summed E-state index contributed by atoms with van der Waals surface area (Å²) >= 11 is 1.48. The minimum atomic E-state index is -4.67. The highest BCUT2D eigenvalue weighted by molar-refractivity contribution is 8.13. The molecule has 0 amide bonds. The van der Waals surface area contributed by atoms with E-state index < -0.39 is 10.4 Å². The number of benzene rings is 2. The van der Waals surface area contributed by atoms with Crippen LogP contribution in [0.2, 0.25) is 0 Å². The molecule has 2 aromatic rings. The lowest BCUT2D eigenvalue weighted by Crippen LogP contribution is -2.10. The molecule has 2 rings (SSSR count). The maximum Gasteiger partial charge on any atom is 0.394 e. The van der Waals surface area contributed by atoms with Crippen molar-refractivity contribution < 1.29 is 17.5 Å². The fraction of sp³-hybridized carbons (Fsp3) is 0.154. The van der Waals surface area contributed by atoms with Gasteiger partial charge in [0.2, 0.25) is 0 Å². The van der Waals surface area contributed by atoms with E-state index in [0.29, 0.717) is 11.7 Å². The van der Waals surface area contributed by atoms with Gasteiger partial charge in [-0.2, -0.15) is 8.42 Å². The van der Waals surface area contributed by atoms with E-state index in [-0.39, 0.29) is 0 Å². The van der Waals surface area contributed by atoms with Gasteiger partial charge in [-0.1, -0.05) is 48.2 Å². The van der Waals surface area contributed by atoms with Gasteiger partial charge in [-0.3, -0.25) is 9.11 Å². The van der Waals surface area contributed by atoms with Crippen molar-refractivity contribution >= 4 is 43.8 Å². The zero-order chi connectivity index (χ0) is 16.6. The van der Waals surface area contributed by atoms with E-state index in [2.05, 4.69) is 23.2 Å². The molecule has 0 fully saturated rings. The molecule has 0 aromatic heterocycles. The molecule has 0 aliphatic carbocycles. The Morgan fingerprint density at radius 3 is 2.36 bits per heavy atom. The fourth-order valence-corrected chi connectivity index (χ4v) is 2.11. The third-order valence-electron chi connectivity index (χ3n) is 2.37. The Bertz CT molecular complexity index is 735. The van der Waals surface area contributed by atoms with E-state index in [1.807, 2.05) is 24.3 Å². The molecular formula is C13H17N3O4S2. The van der Waals surface area contributed by atoms with Gasteiger partial charge in [0.05, 0.1) is 5.69 Å². The first-order valence-corrected chi connectivity index (χ1v) is 8.54. The van der Waals surface area contributed by atoms with Crippen LogP contribution in [0.25, 0.3) is 10.8 Å². The highest BCUT2D eigenvalue weighted by atomic mass is 32.3. The summed E-state index contributed by atoms with van der Waals surface area (Å²) in [6.45, 7) is 0.608. The summed E-state index contributed by atoms with van der Waals surface area (Å²) in [6, 6.07) is 14.2. The number of hydrogen-bond donors (Lipinski definition) is 4. The predicted molar refractivity (Wildman–Crippen MR) is 90.9 cm³/mol. The summed E-state index contributed by atoms with van der Waals surface area (Å²) in [5, 5.41) is 2.85. The maximum absolute atomic E-state index is 8.74. The van der Waals surface area contributed by atoms with Crippen LogP contribution in [-0.2, 0) is 10.4 Å². The zero-order valence-corrected chi connectivity index (χ0v) is 13.2. The number of nitrogens with two attached hydrogens (primary N) is 2. The number of hydrogen-bond acceptors (Lipinski definition) is 5. The molecule has 0 heterocycles. The smallest absolute Gasteiger partial charge is 0.378 e. The van der Waals surface area contributed by atoms with Crippen LogP contribution in [-0.4, -0.2) is 35.0 Å². The van der Waals surface area contributed by atoms with Crippen LogP contribution in [0.3, 0.4) is 0 Å². The van der Waals surface area contributed by atoms with Crippen molar-refractivity contribution in [2.75, 3.05) is 12.3 Å². The lowest BCUT2D eigenvalue weighted by molar-refractivity contribution is 0.381. The summed E-state index contributed by atoms with van der Waals surface area (Å²) in [7, 11) is -4.67. The van der Waals surface area contributed by atoms with E-state index in [9.17, 15) is 0 Å². The molecule has 2 aromatic carbocycles. The molecule has 6 N–H and O–H groups in total. The van der Waals surface area contributed by atoms with Crippen molar-refractivity contribution in [3.05, 3.63) is 42.5 Å². The van der Waals surface area contributed by atoms with Crippen LogP contribution in [0.5, 0.6) is 0 Å². The summed E-state index contributed by atoms with van der Waals surface area (Å²) in [6.07, 6.45) is 0. The monoisotopic (exact) mass is 343 g/mol. The van der Waals surface area contributed by atoms with Crippen molar-refractivity contribution in [3.63, 3.8) is 0 Å². The molecule has 0 atom stereocenters. The second-order valence-corrected chi connectivity index (χ2v) is 6.04. The standard InChI is InChI=1S/C13H15N3S.H2O4S/c14-8-9-17-13(15)16-12-7-3-5-10-4-1-2-6-11(10)12;1-5(2,3)4/h1-7H,8-9,14H2,(H2,15,16);(H2,1,2,3,4). The lowest BCUT2D eigenvalue weighted by atomic mass is 10.1. The SMILES string of the molecule is NCCSC(N)=Nc1cccc2ccccc12.O=S(=O)(O)O. The first-order valence-electron chi connectivity index (χ1n) is 6.16. The Labute approximate surface area is 133 Å². The minimum Gasteiger partial charge on any atom is -0.378 e. The van der Waals surface area contributed by atoms with E-state index >= 15 is 0 Å². The van der Waals surface area contributed by atoms with E-state index in [4.69, 9.17) is 29.0 Å². The Balaban J connectivity index is 0.000000422. The number of aliphatic imine (C=N–C) groups is 1. The summed E-state index contributed by atoms with van der Waals surface area (Å²) in [5.74, 6) is 0.792.